The molecule has 23 heavy (non-hydrogen) atoms. The summed E-state index contributed by atoms with van der Waals surface area (Å²) in [5.74, 6) is 0.0521. The summed E-state index contributed by atoms with van der Waals surface area (Å²) in [5.41, 5.74) is 3.51. The minimum absolute atomic E-state index is 0.0521. The molecule has 1 aliphatic rings. The zero-order valence-electron chi connectivity index (χ0n) is 12.8. The molecular formula is C17H17N5O. The molecule has 1 aliphatic heterocycles. The van der Waals surface area contributed by atoms with Crippen LogP contribution in [0.4, 0.5) is 5.69 Å². The van der Waals surface area contributed by atoms with Crippen LogP contribution in [0.3, 0.4) is 0 Å². The molecular weight excluding hydrogens is 290 g/mol. The molecule has 1 fully saturated rings. The van der Waals surface area contributed by atoms with Crippen LogP contribution >= 0.6 is 0 Å². The van der Waals surface area contributed by atoms with E-state index in [0.29, 0.717) is 6.54 Å². The third-order valence-electron chi connectivity index (χ3n) is 4.30. The van der Waals surface area contributed by atoms with E-state index in [-0.39, 0.29) is 11.9 Å². The molecule has 6 heteroatoms. The van der Waals surface area contributed by atoms with Gasteiger partial charge in [0.2, 0.25) is 0 Å². The second-order valence-corrected chi connectivity index (χ2v) is 5.73. The average molecular weight is 307 g/mol. The summed E-state index contributed by atoms with van der Waals surface area (Å²) >= 11 is 0. The van der Waals surface area contributed by atoms with Crippen LogP contribution in [0.1, 0.15) is 11.7 Å². The fraction of sp³-hybridized carbons (Fsp3) is 0.235. The summed E-state index contributed by atoms with van der Waals surface area (Å²) in [4.78, 5) is 28.6. The van der Waals surface area contributed by atoms with Crippen molar-refractivity contribution in [2.45, 2.75) is 6.04 Å². The van der Waals surface area contributed by atoms with Gasteiger partial charge in [0.05, 0.1) is 23.1 Å². The summed E-state index contributed by atoms with van der Waals surface area (Å²) in [5, 5.41) is 0. The Morgan fingerprint density at radius 3 is 2.91 bits per heavy atom. The summed E-state index contributed by atoms with van der Waals surface area (Å²) in [6, 6.07) is 11.2. The molecule has 6 nitrogen and oxygen atoms in total. The molecule has 1 unspecified atom stereocenters. The number of pyridine rings is 1. The average Bonchev–Trinajstić information content (AvgIpc) is 3.03. The van der Waals surface area contributed by atoms with Crippen molar-refractivity contribution >= 4 is 22.6 Å². The third-order valence-corrected chi connectivity index (χ3v) is 4.30. The predicted octanol–water partition coefficient (Wildman–Crippen LogP) is 1.98. The number of anilines is 1. The number of rotatable bonds is 2. The predicted molar refractivity (Wildman–Crippen MR) is 88.1 cm³/mol. The number of piperazine rings is 1. The third kappa shape index (κ3) is 2.37. The van der Waals surface area contributed by atoms with E-state index in [1.807, 2.05) is 48.3 Å². The van der Waals surface area contributed by atoms with Crippen molar-refractivity contribution in [1.82, 2.24) is 19.9 Å². The Morgan fingerprint density at radius 1 is 1.17 bits per heavy atom. The van der Waals surface area contributed by atoms with Crippen LogP contribution in [0.25, 0.3) is 11.0 Å². The van der Waals surface area contributed by atoms with Crippen LogP contribution in [-0.2, 0) is 4.79 Å². The van der Waals surface area contributed by atoms with Gasteiger partial charge in [-0.2, -0.15) is 0 Å². The van der Waals surface area contributed by atoms with Crippen LogP contribution in [0.2, 0.25) is 0 Å². The number of aromatic nitrogens is 3. The molecule has 0 bridgehead atoms. The fourth-order valence-electron chi connectivity index (χ4n) is 3.07. The van der Waals surface area contributed by atoms with Gasteiger partial charge in [0.15, 0.2) is 0 Å². The van der Waals surface area contributed by atoms with E-state index in [9.17, 15) is 4.79 Å². The molecule has 0 saturated carbocycles. The minimum Gasteiger partial charge on any atom is -0.345 e. The van der Waals surface area contributed by atoms with Gasteiger partial charge in [-0.1, -0.05) is 6.07 Å². The summed E-state index contributed by atoms with van der Waals surface area (Å²) in [6.45, 7) is 1.46. The molecule has 1 aromatic carbocycles. The smallest absolute Gasteiger partial charge is 0.250 e. The van der Waals surface area contributed by atoms with Crippen LogP contribution in [0.15, 0.2) is 48.9 Å². The van der Waals surface area contributed by atoms with E-state index in [4.69, 9.17) is 0 Å². The van der Waals surface area contributed by atoms with Gasteiger partial charge in [-0.05, 0) is 37.4 Å². The first kappa shape index (κ1) is 13.9. The van der Waals surface area contributed by atoms with Crippen molar-refractivity contribution in [2.75, 3.05) is 25.0 Å². The van der Waals surface area contributed by atoms with E-state index >= 15 is 0 Å². The molecule has 3 heterocycles. The lowest BCUT2D eigenvalue weighted by Gasteiger charge is -2.38. The SMILES string of the molecule is CN1CCN(c2ccc3nc[nH]c3c2)C(=O)C1c1ccccn1. The maximum Gasteiger partial charge on any atom is 0.250 e. The molecule has 1 saturated heterocycles. The van der Waals surface area contributed by atoms with Crippen molar-refractivity contribution in [3.63, 3.8) is 0 Å². The molecule has 1 amide bonds. The number of nitrogens with zero attached hydrogens (tertiary/aromatic N) is 4. The first-order chi connectivity index (χ1) is 11.2. The van der Waals surface area contributed by atoms with Gasteiger partial charge >= 0.3 is 0 Å². The number of benzene rings is 1. The molecule has 0 radical (unpaired) electrons. The van der Waals surface area contributed by atoms with Crippen molar-refractivity contribution in [1.29, 1.82) is 0 Å². The first-order valence-electron chi connectivity index (χ1n) is 7.60. The highest BCUT2D eigenvalue weighted by Gasteiger charge is 2.35. The number of hydrogen-bond acceptors (Lipinski definition) is 4. The standard InChI is InChI=1S/C17H17N5O/c1-21-8-9-22(12-5-6-13-15(10-12)20-11-19-13)17(23)16(21)14-4-2-3-7-18-14/h2-7,10-11,16H,8-9H2,1H3,(H,19,20). The minimum atomic E-state index is -0.345. The van der Waals surface area contributed by atoms with Crippen LogP contribution < -0.4 is 4.90 Å². The van der Waals surface area contributed by atoms with Crippen molar-refractivity contribution < 1.29 is 4.79 Å². The van der Waals surface area contributed by atoms with Crippen molar-refractivity contribution in [2.24, 2.45) is 0 Å². The molecule has 0 spiro atoms. The Morgan fingerprint density at radius 2 is 2.09 bits per heavy atom. The normalized spacial score (nSPS) is 19.4. The van der Waals surface area contributed by atoms with Crippen LogP contribution in [0, 0.1) is 0 Å². The number of H-pyrrole nitrogens is 1. The highest BCUT2D eigenvalue weighted by Crippen LogP contribution is 2.29. The Balaban J connectivity index is 1.70. The number of imidazole rings is 1. The van der Waals surface area contributed by atoms with Crippen LogP contribution in [0.5, 0.6) is 0 Å². The number of fused-ring (bicyclic) bond motifs is 1. The first-order valence-corrected chi connectivity index (χ1v) is 7.60. The maximum atomic E-state index is 13.0. The zero-order valence-corrected chi connectivity index (χ0v) is 12.8. The summed E-state index contributed by atoms with van der Waals surface area (Å²) < 4.78 is 0. The molecule has 0 aliphatic carbocycles. The fourth-order valence-corrected chi connectivity index (χ4v) is 3.07. The molecule has 116 valence electrons. The van der Waals surface area contributed by atoms with E-state index in [2.05, 4.69) is 19.9 Å². The van der Waals surface area contributed by atoms with E-state index in [0.717, 1.165) is 29.0 Å². The number of amides is 1. The largest absolute Gasteiger partial charge is 0.345 e. The lowest BCUT2D eigenvalue weighted by Crippen LogP contribution is -2.51. The van der Waals surface area contributed by atoms with Gasteiger partial charge in [-0.25, -0.2) is 4.98 Å². The van der Waals surface area contributed by atoms with E-state index in [1.165, 1.54) is 0 Å². The van der Waals surface area contributed by atoms with Crippen LogP contribution in [-0.4, -0.2) is 45.9 Å². The number of carbonyl (C=O) groups is 1. The number of hydrogen-bond donors (Lipinski definition) is 1. The second kappa shape index (κ2) is 5.48. The number of likely N-dealkylation sites (N-methyl/N-ethyl adjacent to an activating group) is 1. The summed E-state index contributed by atoms with van der Waals surface area (Å²) in [7, 11) is 1.96. The second-order valence-electron chi connectivity index (χ2n) is 5.73. The molecule has 1 atom stereocenters. The van der Waals surface area contributed by atoms with E-state index in [1.54, 1.807) is 12.5 Å². The monoisotopic (exact) mass is 307 g/mol. The Kier molecular flexibility index (Phi) is 3.31. The van der Waals surface area contributed by atoms with Gasteiger partial charge in [0.1, 0.15) is 6.04 Å². The van der Waals surface area contributed by atoms with Crippen molar-refractivity contribution in [3.8, 4) is 0 Å². The van der Waals surface area contributed by atoms with Gasteiger partial charge in [0, 0.05) is 25.0 Å². The maximum absolute atomic E-state index is 13.0. The quantitative estimate of drug-likeness (QED) is 0.786. The van der Waals surface area contributed by atoms with E-state index < -0.39 is 0 Å². The Bertz CT molecular complexity index is 844. The Hall–Kier alpha value is -2.73. The van der Waals surface area contributed by atoms with Gasteiger partial charge < -0.3 is 9.88 Å². The molecule has 4 rings (SSSR count). The lowest BCUT2D eigenvalue weighted by molar-refractivity contribution is -0.125. The highest BCUT2D eigenvalue weighted by atomic mass is 16.2. The number of aromatic amines is 1. The molecule has 2 aromatic heterocycles. The van der Waals surface area contributed by atoms with Gasteiger partial charge in [-0.15, -0.1) is 0 Å². The highest BCUT2D eigenvalue weighted by molar-refractivity contribution is 5.99. The molecule has 3 aromatic rings. The number of carbonyl (C=O) groups excluding carboxylic acids is 1. The molecule has 1 N–H and O–H groups in total. The number of nitrogens with one attached hydrogen (secondary N) is 1. The van der Waals surface area contributed by atoms with Gasteiger partial charge in [-0.3, -0.25) is 14.7 Å². The Labute approximate surface area is 133 Å². The summed E-state index contributed by atoms with van der Waals surface area (Å²) in [6.07, 6.45) is 3.39. The van der Waals surface area contributed by atoms with Crippen molar-refractivity contribution in [3.05, 3.63) is 54.6 Å². The van der Waals surface area contributed by atoms with Gasteiger partial charge in [0.25, 0.3) is 5.91 Å². The topological polar surface area (TPSA) is 65.1 Å². The lowest BCUT2D eigenvalue weighted by atomic mass is 10.1. The zero-order chi connectivity index (χ0) is 15.8.